The van der Waals surface area contributed by atoms with E-state index in [4.69, 9.17) is 0 Å². The van der Waals surface area contributed by atoms with Crippen molar-refractivity contribution in [1.29, 1.82) is 0 Å². The zero-order valence-electron chi connectivity index (χ0n) is 8.02. The van der Waals surface area contributed by atoms with Crippen molar-refractivity contribution in [3.8, 4) is 0 Å². The Kier molecular flexibility index (Phi) is 2.36. The highest BCUT2D eigenvalue weighted by Gasteiger charge is 2.72. The van der Waals surface area contributed by atoms with Crippen molar-refractivity contribution < 1.29 is 18.1 Å². The number of nitro groups is 1. The van der Waals surface area contributed by atoms with E-state index in [0.29, 0.717) is 5.56 Å². The van der Waals surface area contributed by atoms with Gasteiger partial charge in [-0.2, -0.15) is 13.2 Å². The van der Waals surface area contributed by atoms with E-state index in [1.165, 1.54) is 12.1 Å². The maximum Gasteiger partial charge on any atom is 0.399 e. The van der Waals surface area contributed by atoms with Gasteiger partial charge >= 0.3 is 6.18 Å². The molecule has 0 spiro atoms. The molecule has 86 valence electrons. The summed E-state index contributed by atoms with van der Waals surface area (Å²) in [6.45, 7) is 0. The summed E-state index contributed by atoms with van der Waals surface area (Å²) in [5.41, 5.74) is 0.381. The molecule has 3 atom stereocenters. The first-order chi connectivity index (χ1) is 7.43. The van der Waals surface area contributed by atoms with Gasteiger partial charge in [0.1, 0.15) is 5.92 Å². The molecule has 1 aliphatic rings. The SMILES string of the molecule is O=[N+]([O-])[C@H]1[C@H](c2ccccc2)[C@@H]1C(F)(F)F. The highest BCUT2D eigenvalue weighted by molar-refractivity contribution is 5.30. The fraction of sp³-hybridized carbons (Fsp3) is 0.400. The standard InChI is InChI=1S/C10H8F3NO2/c11-10(12,13)8-7(9(8)14(15)16)6-4-2-1-3-5-6/h1-5,7-9H/t7-,8+,9+/m1/s1. The van der Waals surface area contributed by atoms with Gasteiger partial charge in [0.05, 0.1) is 5.92 Å². The predicted octanol–water partition coefficient (Wildman–Crippen LogP) is 2.61. The number of hydrogen-bond acceptors (Lipinski definition) is 2. The van der Waals surface area contributed by atoms with E-state index < -0.39 is 29.0 Å². The fourth-order valence-corrected chi connectivity index (χ4v) is 2.03. The van der Waals surface area contributed by atoms with Crippen LogP contribution in [0.25, 0.3) is 0 Å². The van der Waals surface area contributed by atoms with Crippen LogP contribution < -0.4 is 0 Å². The summed E-state index contributed by atoms with van der Waals surface area (Å²) in [5, 5.41) is 10.5. The fourth-order valence-electron chi connectivity index (χ4n) is 2.03. The molecule has 0 amide bonds. The lowest BCUT2D eigenvalue weighted by Crippen LogP contribution is -2.17. The van der Waals surface area contributed by atoms with Crippen molar-refractivity contribution in [3.63, 3.8) is 0 Å². The molecule has 2 rings (SSSR count). The molecule has 1 aromatic rings. The Morgan fingerprint density at radius 1 is 1.19 bits per heavy atom. The van der Waals surface area contributed by atoms with Gasteiger partial charge in [-0.1, -0.05) is 30.3 Å². The number of hydrogen-bond donors (Lipinski definition) is 0. The molecule has 0 saturated heterocycles. The topological polar surface area (TPSA) is 43.1 Å². The molecule has 1 saturated carbocycles. The molecule has 6 heteroatoms. The Hall–Kier alpha value is -1.59. The van der Waals surface area contributed by atoms with Crippen LogP contribution in [-0.2, 0) is 0 Å². The lowest BCUT2D eigenvalue weighted by Gasteiger charge is -2.02. The van der Waals surface area contributed by atoms with E-state index in [9.17, 15) is 23.3 Å². The Bertz CT molecular complexity index is 404. The molecule has 0 heterocycles. The molecule has 0 N–H and O–H groups in total. The van der Waals surface area contributed by atoms with Gasteiger partial charge < -0.3 is 0 Å². The molecule has 0 unspecified atom stereocenters. The van der Waals surface area contributed by atoms with Gasteiger partial charge in [0.2, 0.25) is 6.04 Å². The molecule has 1 fully saturated rings. The molecule has 16 heavy (non-hydrogen) atoms. The Balaban J connectivity index is 2.27. The van der Waals surface area contributed by atoms with Gasteiger partial charge in [0.25, 0.3) is 0 Å². The van der Waals surface area contributed by atoms with E-state index in [2.05, 4.69) is 0 Å². The minimum absolute atomic E-state index is 0.381. The van der Waals surface area contributed by atoms with Gasteiger partial charge in [-0.15, -0.1) is 0 Å². The maximum atomic E-state index is 12.5. The van der Waals surface area contributed by atoms with Gasteiger partial charge in [-0.3, -0.25) is 10.1 Å². The summed E-state index contributed by atoms with van der Waals surface area (Å²) in [6, 6.07) is 6.29. The van der Waals surface area contributed by atoms with Crippen LogP contribution in [0.3, 0.4) is 0 Å². The largest absolute Gasteiger partial charge is 0.399 e. The third-order valence-electron chi connectivity index (χ3n) is 2.79. The van der Waals surface area contributed by atoms with Crippen LogP contribution in [0.4, 0.5) is 13.2 Å². The summed E-state index contributed by atoms with van der Waals surface area (Å²) in [7, 11) is 0. The number of alkyl halides is 3. The van der Waals surface area contributed by atoms with Crippen molar-refractivity contribution >= 4 is 0 Å². The van der Waals surface area contributed by atoms with Crippen LogP contribution in [-0.4, -0.2) is 17.1 Å². The molecule has 1 aromatic carbocycles. The second kappa shape index (κ2) is 3.47. The Morgan fingerprint density at radius 3 is 2.12 bits per heavy atom. The van der Waals surface area contributed by atoms with Crippen molar-refractivity contribution in [2.75, 3.05) is 0 Å². The second-order valence-electron chi connectivity index (χ2n) is 3.78. The maximum absolute atomic E-state index is 12.5. The molecular weight excluding hydrogens is 223 g/mol. The van der Waals surface area contributed by atoms with Crippen molar-refractivity contribution in [3.05, 3.63) is 46.0 Å². The third-order valence-corrected chi connectivity index (χ3v) is 2.79. The lowest BCUT2D eigenvalue weighted by molar-refractivity contribution is -0.503. The smallest absolute Gasteiger partial charge is 0.264 e. The summed E-state index contributed by atoms with van der Waals surface area (Å²) in [4.78, 5) is 9.67. The van der Waals surface area contributed by atoms with E-state index in [-0.39, 0.29) is 0 Å². The average molecular weight is 231 g/mol. The highest BCUT2D eigenvalue weighted by Crippen LogP contribution is 2.57. The van der Waals surface area contributed by atoms with Crippen LogP contribution >= 0.6 is 0 Å². The van der Waals surface area contributed by atoms with Gasteiger partial charge in [0, 0.05) is 4.92 Å². The monoisotopic (exact) mass is 231 g/mol. The molecule has 0 aromatic heterocycles. The number of nitrogens with zero attached hydrogens (tertiary/aromatic N) is 1. The summed E-state index contributed by atoms with van der Waals surface area (Å²) >= 11 is 0. The first-order valence-corrected chi connectivity index (χ1v) is 4.68. The van der Waals surface area contributed by atoms with Crippen molar-refractivity contribution in [2.45, 2.75) is 18.1 Å². The average Bonchev–Trinajstić information content (AvgIpc) is 2.93. The van der Waals surface area contributed by atoms with Gasteiger partial charge in [-0.25, -0.2) is 0 Å². The van der Waals surface area contributed by atoms with E-state index in [0.717, 1.165) is 0 Å². The number of halogens is 3. The summed E-state index contributed by atoms with van der Waals surface area (Å²) in [5.74, 6) is -2.87. The quantitative estimate of drug-likeness (QED) is 0.580. The van der Waals surface area contributed by atoms with E-state index in [1.54, 1.807) is 18.2 Å². The molecule has 1 aliphatic carbocycles. The van der Waals surface area contributed by atoms with Gasteiger partial charge in [0.15, 0.2) is 0 Å². The first-order valence-electron chi connectivity index (χ1n) is 4.68. The molecular formula is C10H8F3NO2. The van der Waals surface area contributed by atoms with Crippen molar-refractivity contribution in [2.24, 2.45) is 5.92 Å². The molecule has 3 nitrogen and oxygen atoms in total. The zero-order chi connectivity index (χ0) is 11.9. The minimum atomic E-state index is -4.50. The molecule has 0 radical (unpaired) electrons. The lowest BCUT2D eigenvalue weighted by atomic mass is 10.1. The van der Waals surface area contributed by atoms with E-state index >= 15 is 0 Å². The summed E-state index contributed by atoms with van der Waals surface area (Å²) in [6.07, 6.45) is -4.50. The predicted molar refractivity (Wildman–Crippen MR) is 49.5 cm³/mol. The molecule has 0 aliphatic heterocycles. The number of benzene rings is 1. The van der Waals surface area contributed by atoms with Gasteiger partial charge in [-0.05, 0) is 5.56 Å². The highest BCUT2D eigenvalue weighted by atomic mass is 19.4. The number of rotatable bonds is 2. The summed E-state index contributed by atoms with van der Waals surface area (Å²) < 4.78 is 37.4. The Morgan fingerprint density at radius 2 is 1.75 bits per heavy atom. The van der Waals surface area contributed by atoms with Crippen molar-refractivity contribution in [1.82, 2.24) is 0 Å². The second-order valence-corrected chi connectivity index (χ2v) is 3.78. The zero-order valence-corrected chi connectivity index (χ0v) is 8.02. The van der Waals surface area contributed by atoms with Crippen LogP contribution in [0.5, 0.6) is 0 Å². The third kappa shape index (κ3) is 1.75. The first kappa shape index (κ1) is 10.9. The van der Waals surface area contributed by atoms with Crippen LogP contribution in [0.1, 0.15) is 11.5 Å². The van der Waals surface area contributed by atoms with Crippen LogP contribution in [0.2, 0.25) is 0 Å². The Labute approximate surface area is 89.0 Å². The molecule has 0 bridgehead atoms. The minimum Gasteiger partial charge on any atom is -0.264 e. The van der Waals surface area contributed by atoms with Crippen LogP contribution in [0.15, 0.2) is 30.3 Å². The van der Waals surface area contributed by atoms with Crippen LogP contribution in [0, 0.1) is 16.0 Å². The normalized spacial score (nSPS) is 28.8. The van der Waals surface area contributed by atoms with E-state index in [1.807, 2.05) is 0 Å².